The van der Waals surface area contributed by atoms with Crippen LogP contribution in [0, 0.1) is 6.92 Å². The fraction of sp³-hybridized carbons (Fsp3) is 0.308. The summed E-state index contributed by atoms with van der Waals surface area (Å²) in [6, 6.07) is 5.81. The topological polar surface area (TPSA) is 52.3 Å². The molecule has 0 radical (unpaired) electrons. The summed E-state index contributed by atoms with van der Waals surface area (Å²) >= 11 is 1.67. The molecule has 0 aromatic heterocycles. The molecule has 0 atom stereocenters. The van der Waals surface area contributed by atoms with Gasteiger partial charge in [0.05, 0.1) is 6.61 Å². The Bertz CT molecular complexity index is 416. The molecule has 3 nitrogen and oxygen atoms in total. The van der Waals surface area contributed by atoms with Crippen molar-refractivity contribution in [3.8, 4) is 0 Å². The molecule has 1 aromatic carbocycles. The van der Waals surface area contributed by atoms with Crippen LogP contribution in [-0.4, -0.2) is 18.3 Å². The second-order valence-corrected chi connectivity index (χ2v) is 4.55. The quantitative estimate of drug-likeness (QED) is 0.378. The van der Waals surface area contributed by atoms with Gasteiger partial charge in [0, 0.05) is 22.4 Å². The minimum Gasteiger partial charge on any atom is -0.463 e. The smallest absolute Gasteiger partial charge is 0.330 e. The molecule has 2 N–H and O–H groups in total. The monoisotopic (exact) mass is 251 g/mol. The van der Waals surface area contributed by atoms with Gasteiger partial charge in [-0.25, -0.2) is 4.79 Å². The molecule has 1 rings (SSSR count). The van der Waals surface area contributed by atoms with Gasteiger partial charge in [0.25, 0.3) is 0 Å². The summed E-state index contributed by atoms with van der Waals surface area (Å²) in [7, 11) is 0. The van der Waals surface area contributed by atoms with Gasteiger partial charge in [-0.1, -0.05) is 6.08 Å². The largest absolute Gasteiger partial charge is 0.463 e. The van der Waals surface area contributed by atoms with E-state index >= 15 is 0 Å². The SMILES string of the molecule is CCOC(=O)/C=C/CSc1ccc(N)cc1C. The highest BCUT2D eigenvalue weighted by Gasteiger charge is 1.98. The van der Waals surface area contributed by atoms with Crippen molar-refractivity contribution < 1.29 is 9.53 Å². The summed E-state index contributed by atoms with van der Waals surface area (Å²) < 4.78 is 4.78. The lowest BCUT2D eigenvalue weighted by atomic mass is 10.2. The van der Waals surface area contributed by atoms with Gasteiger partial charge in [-0.15, -0.1) is 11.8 Å². The third-order valence-electron chi connectivity index (χ3n) is 2.07. The van der Waals surface area contributed by atoms with Gasteiger partial charge in [0.15, 0.2) is 0 Å². The van der Waals surface area contributed by atoms with E-state index in [-0.39, 0.29) is 5.97 Å². The number of nitrogen functional groups attached to an aromatic ring is 1. The average molecular weight is 251 g/mol. The van der Waals surface area contributed by atoms with Crippen LogP contribution in [0.25, 0.3) is 0 Å². The van der Waals surface area contributed by atoms with Crippen LogP contribution in [0.3, 0.4) is 0 Å². The van der Waals surface area contributed by atoms with Crippen LogP contribution in [0.15, 0.2) is 35.2 Å². The number of carbonyl (C=O) groups is 1. The molecule has 0 heterocycles. The van der Waals surface area contributed by atoms with Crippen LogP contribution in [0.2, 0.25) is 0 Å². The number of carbonyl (C=O) groups excluding carboxylic acids is 1. The zero-order valence-electron chi connectivity index (χ0n) is 10.1. The molecule has 0 saturated heterocycles. The van der Waals surface area contributed by atoms with E-state index in [2.05, 4.69) is 0 Å². The van der Waals surface area contributed by atoms with Crippen molar-refractivity contribution in [3.05, 3.63) is 35.9 Å². The first-order valence-electron chi connectivity index (χ1n) is 5.45. The lowest BCUT2D eigenvalue weighted by molar-refractivity contribution is -0.137. The minimum absolute atomic E-state index is 0.290. The molecule has 0 bridgehead atoms. The molecule has 0 saturated carbocycles. The van der Waals surface area contributed by atoms with E-state index in [1.54, 1.807) is 24.8 Å². The van der Waals surface area contributed by atoms with E-state index < -0.39 is 0 Å². The van der Waals surface area contributed by atoms with Crippen molar-refractivity contribution in [2.24, 2.45) is 0 Å². The van der Waals surface area contributed by atoms with Crippen LogP contribution < -0.4 is 5.73 Å². The zero-order valence-corrected chi connectivity index (χ0v) is 10.9. The Balaban J connectivity index is 2.43. The fourth-order valence-corrected chi connectivity index (χ4v) is 2.13. The predicted molar refractivity (Wildman–Crippen MR) is 72.1 cm³/mol. The van der Waals surface area contributed by atoms with Crippen molar-refractivity contribution in [2.45, 2.75) is 18.7 Å². The molecule has 0 fully saturated rings. The van der Waals surface area contributed by atoms with Gasteiger partial charge >= 0.3 is 5.97 Å². The molecule has 1 aromatic rings. The van der Waals surface area contributed by atoms with Crippen LogP contribution >= 0.6 is 11.8 Å². The molecule has 0 unspecified atom stereocenters. The molecular weight excluding hydrogens is 234 g/mol. The second-order valence-electron chi connectivity index (χ2n) is 3.49. The van der Waals surface area contributed by atoms with Crippen molar-refractivity contribution in [1.82, 2.24) is 0 Å². The number of esters is 1. The highest BCUT2D eigenvalue weighted by Crippen LogP contribution is 2.23. The number of ether oxygens (including phenoxy) is 1. The standard InChI is InChI=1S/C13H17NO2S/c1-3-16-13(15)5-4-8-17-12-7-6-11(14)9-10(12)2/h4-7,9H,3,8,14H2,1-2H3/b5-4+. The Kier molecular flexibility index (Phi) is 5.63. The second kappa shape index (κ2) is 7.01. The molecule has 4 heteroatoms. The average Bonchev–Trinajstić information content (AvgIpc) is 2.27. The first-order chi connectivity index (χ1) is 8.13. The number of anilines is 1. The third kappa shape index (κ3) is 4.95. The summed E-state index contributed by atoms with van der Waals surface area (Å²) in [6.07, 6.45) is 3.27. The van der Waals surface area contributed by atoms with Gasteiger partial charge < -0.3 is 10.5 Å². The normalized spacial score (nSPS) is 10.7. The first kappa shape index (κ1) is 13.6. The number of rotatable bonds is 5. The van der Waals surface area contributed by atoms with Crippen LogP contribution in [0.4, 0.5) is 5.69 Å². The molecule has 0 aliphatic carbocycles. The van der Waals surface area contributed by atoms with Crippen molar-refractivity contribution in [3.63, 3.8) is 0 Å². The zero-order chi connectivity index (χ0) is 12.7. The molecular formula is C13H17NO2S. The number of hydrogen-bond acceptors (Lipinski definition) is 4. The van der Waals surface area contributed by atoms with Gasteiger partial charge in [0.1, 0.15) is 0 Å². The molecule has 0 spiro atoms. The highest BCUT2D eigenvalue weighted by atomic mass is 32.2. The van der Waals surface area contributed by atoms with Crippen LogP contribution in [-0.2, 0) is 9.53 Å². The Morgan fingerprint density at radius 2 is 2.29 bits per heavy atom. The van der Waals surface area contributed by atoms with Gasteiger partial charge in [0.2, 0.25) is 0 Å². The van der Waals surface area contributed by atoms with E-state index in [4.69, 9.17) is 10.5 Å². The Morgan fingerprint density at radius 1 is 1.53 bits per heavy atom. The summed E-state index contributed by atoms with van der Waals surface area (Å²) in [5, 5.41) is 0. The first-order valence-corrected chi connectivity index (χ1v) is 6.44. The van der Waals surface area contributed by atoms with Crippen molar-refractivity contribution >= 4 is 23.4 Å². The fourth-order valence-electron chi connectivity index (χ4n) is 1.31. The van der Waals surface area contributed by atoms with Gasteiger partial charge in [-0.2, -0.15) is 0 Å². The molecule has 0 amide bonds. The Morgan fingerprint density at radius 3 is 2.94 bits per heavy atom. The van der Waals surface area contributed by atoms with Crippen LogP contribution in [0.1, 0.15) is 12.5 Å². The summed E-state index contributed by atoms with van der Waals surface area (Å²) in [5.41, 5.74) is 7.60. The predicted octanol–water partition coefficient (Wildman–Crippen LogP) is 2.79. The van der Waals surface area contributed by atoms with Gasteiger partial charge in [-0.3, -0.25) is 0 Å². The Hall–Kier alpha value is -1.42. The number of thioether (sulfide) groups is 1. The van der Waals surface area contributed by atoms with Crippen molar-refractivity contribution in [2.75, 3.05) is 18.1 Å². The maximum Gasteiger partial charge on any atom is 0.330 e. The molecule has 17 heavy (non-hydrogen) atoms. The molecule has 0 aliphatic heterocycles. The summed E-state index contributed by atoms with van der Waals surface area (Å²) in [4.78, 5) is 12.2. The molecule has 0 aliphatic rings. The number of hydrogen-bond donors (Lipinski definition) is 1. The lowest BCUT2D eigenvalue weighted by Crippen LogP contribution is -1.98. The van der Waals surface area contributed by atoms with Crippen molar-refractivity contribution in [1.29, 1.82) is 0 Å². The third-order valence-corrected chi connectivity index (χ3v) is 3.20. The van der Waals surface area contributed by atoms with Crippen LogP contribution in [0.5, 0.6) is 0 Å². The maximum absolute atomic E-state index is 11.0. The number of aryl methyl sites for hydroxylation is 1. The van der Waals surface area contributed by atoms with E-state index in [1.807, 2.05) is 25.1 Å². The highest BCUT2D eigenvalue weighted by molar-refractivity contribution is 7.99. The van der Waals surface area contributed by atoms with Gasteiger partial charge in [-0.05, 0) is 37.6 Å². The Labute approximate surface area is 106 Å². The molecule has 92 valence electrons. The summed E-state index contributed by atoms with van der Waals surface area (Å²) in [5.74, 6) is 0.450. The van der Waals surface area contributed by atoms with E-state index in [1.165, 1.54) is 11.0 Å². The lowest BCUT2D eigenvalue weighted by Gasteiger charge is -2.04. The minimum atomic E-state index is -0.290. The number of nitrogens with two attached hydrogens (primary N) is 1. The number of benzene rings is 1. The van der Waals surface area contributed by atoms with E-state index in [0.717, 1.165) is 17.0 Å². The summed E-state index contributed by atoms with van der Waals surface area (Å²) in [6.45, 7) is 4.22. The maximum atomic E-state index is 11.0. The van der Waals surface area contributed by atoms with E-state index in [0.29, 0.717) is 6.61 Å². The van der Waals surface area contributed by atoms with E-state index in [9.17, 15) is 4.79 Å².